The number of rotatable bonds is 2. The van der Waals surface area contributed by atoms with Crippen LogP contribution in [0.1, 0.15) is 19.8 Å². The molecule has 1 rings (SSSR count). The summed E-state index contributed by atoms with van der Waals surface area (Å²) in [5.74, 6) is -3.56. The van der Waals surface area contributed by atoms with Gasteiger partial charge in [0.15, 0.2) is 0 Å². The Morgan fingerprint density at radius 3 is 2.21 bits per heavy atom. The summed E-state index contributed by atoms with van der Waals surface area (Å²) in [5, 5.41) is 17.5. The molecule has 0 aromatic heterocycles. The van der Waals surface area contributed by atoms with Crippen molar-refractivity contribution in [1.29, 1.82) is 0 Å². The Morgan fingerprint density at radius 1 is 1.29 bits per heavy atom. The molecule has 2 unspecified atom stereocenters. The summed E-state index contributed by atoms with van der Waals surface area (Å²) >= 11 is 0. The number of allylic oxidation sites excluding steroid dienone is 2. The van der Waals surface area contributed by atoms with Crippen molar-refractivity contribution in [3.63, 3.8) is 0 Å². The maximum absolute atomic E-state index is 10.7. The molecule has 0 saturated carbocycles. The van der Waals surface area contributed by atoms with E-state index in [2.05, 4.69) is 0 Å². The summed E-state index contributed by atoms with van der Waals surface area (Å²) in [7, 11) is 0. The zero-order valence-corrected chi connectivity index (χ0v) is 11.0. The van der Waals surface area contributed by atoms with Crippen LogP contribution in [-0.2, 0) is 29.1 Å². The summed E-state index contributed by atoms with van der Waals surface area (Å²) in [5.41, 5.74) is 0.963. The first-order valence-electron chi connectivity index (χ1n) is 4.13. The van der Waals surface area contributed by atoms with Crippen LogP contribution in [0.2, 0.25) is 0 Å². The Morgan fingerprint density at radius 2 is 1.79 bits per heavy atom. The molecule has 5 heteroatoms. The molecule has 4 nitrogen and oxygen atoms in total. The van der Waals surface area contributed by atoms with E-state index in [0.717, 1.165) is 5.57 Å². The summed E-state index contributed by atoms with van der Waals surface area (Å²) < 4.78 is 0. The number of carboxylic acid groups (broad SMARTS) is 2. The molecule has 1 aliphatic carbocycles. The molecule has 0 aromatic rings. The van der Waals surface area contributed by atoms with Crippen LogP contribution in [0.3, 0.4) is 0 Å². The van der Waals surface area contributed by atoms with Gasteiger partial charge in [-0.25, -0.2) is 0 Å². The molecule has 0 amide bonds. The normalized spacial score (nSPS) is 25.9. The van der Waals surface area contributed by atoms with Crippen LogP contribution in [0.25, 0.3) is 0 Å². The fourth-order valence-corrected chi connectivity index (χ4v) is 1.60. The summed E-state index contributed by atoms with van der Waals surface area (Å²) in [6, 6.07) is 0. The standard InChI is InChI=1S/C9H12O4.Zn/c1-5-2-3-6(8(10)11)7(4-5)9(12)13;/h2,6-7H,3-4H2,1H3,(H,10,11)(H,12,13);. The number of hydrogen-bond acceptors (Lipinski definition) is 2. The Kier molecular flexibility index (Phi) is 4.99. The predicted molar refractivity (Wildman–Crippen MR) is 45.2 cm³/mol. The summed E-state index contributed by atoms with van der Waals surface area (Å²) in [6.07, 6.45) is 2.49. The average molecular weight is 250 g/mol. The van der Waals surface area contributed by atoms with Crippen LogP contribution in [0.4, 0.5) is 0 Å². The van der Waals surface area contributed by atoms with Crippen LogP contribution in [0, 0.1) is 11.8 Å². The molecule has 0 bridgehead atoms. The van der Waals surface area contributed by atoms with Crippen molar-refractivity contribution in [1.82, 2.24) is 0 Å². The van der Waals surface area contributed by atoms with Crippen molar-refractivity contribution in [2.45, 2.75) is 19.8 Å². The van der Waals surface area contributed by atoms with Crippen LogP contribution >= 0.6 is 0 Å². The molecular formula is C9H12O4Zn. The third-order valence-corrected chi connectivity index (χ3v) is 2.38. The molecule has 2 atom stereocenters. The minimum Gasteiger partial charge on any atom is -0.481 e. The summed E-state index contributed by atoms with van der Waals surface area (Å²) in [4.78, 5) is 21.4. The molecule has 1 aliphatic rings. The van der Waals surface area contributed by atoms with Crippen molar-refractivity contribution in [2.24, 2.45) is 11.8 Å². The number of carboxylic acids is 2. The second kappa shape index (κ2) is 5.25. The molecule has 0 spiro atoms. The van der Waals surface area contributed by atoms with Crippen LogP contribution in [-0.4, -0.2) is 22.2 Å². The Hall–Kier alpha value is -0.697. The van der Waals surface area contributed by atoms with Gasteiger partial charge in [0.1, 0.15) is 0 Å². The predicted octanol–water partition coefficient (Wildman–Crippen LogP) is 1.13. The quantitative estimate of drug-likeness (QED) is 0.568. The van der Waals surface area contributed by atoms with E-state index in [-0.39, 0.29) is 19.5 Å². The van der Waals surface area contributed by atoms with Crippen LogP contribution < -0.4 is 0 Å². The van der Waals surface area contributed by atoms with Gasteiger partial charge in [0.25, 0.3) is 0 Å². The van der Waals surface area contributed by atoms with Gasteiger partial charge in [0, 0.05) is 19.5 Å². The Labute approximate surface area is 94.8 Å². The van der Waals surface area contributed by atoms with E-state index >= 15 is 0 Å². The van der Waals surface area contributed by atoms with Gasteiger partial charge >= 0.3 is 11.9 Å². The van der Waals surface area contributed by atoms with E-state index in [4.69, 9.17) is 10.2 Å². The van der Waals surface area contributed by atoms with Crippen molar-refractivity contribution in [3.8, 4) is 0 Å². The third kappa shape index (κ3) is 2.91. The molecule has 0 aliphatic heterocycles. The average Bonchev–Trinajstić information content (AvgIpc) is 2.03. The minimum absolute atomic E-state index is 0. The molecule has 0 saturated heterocycles. The largest absolute Gasteiger partial charge is 0.481 e. The molecule has 0 heterocycles. The smallest absolute Gasteiger partial charge is 0.307 e. The van der Waals surface area contributed by atoms with E-state index in [1.165, 1.54) is 0 Å². The van der Waals surface area contributed by atoms with E-state index in [0.29, 0.717) is 12.8 Å². The number of aliphatic carboxylic acids is 2. The van der Waals surface area contributed by atoms with E-state index in [1.54, 1.807) is 6.08 Å². The van der Waals surface area contributed by atoms with Crippen LogP contribution in [0.5, 0.6) is 0 Å². The van der Waals surface area contributed by atoms with Gasteiger partial charge in [-0.05, 0) is 19.8 Å². The van der Waals surface area contributed by atoms with Gasteiger partial charge in [0.2, 0.25) is 0 Å². The first-order valence-corrected chi connectivity index (χ1v) is 4.13. The van der Waals surface area contributed by atoms with Crippen molar-refractivity contribution >= 4 is 11.9 Å². The summed E-state index contributed by atoms with van der Waals surface area (Å²) in [6.45, 7) is 1.83. The zero-order valence-electron chi connectivity index (χ0n) is 8.06. The van der Waals surface area contributed by atoms with E-state index in [1.807, 2.05) is 6.92 Å². The van der Waals surface area contributed by atoms with Crippen LogP contribution in [0.15, 0.2) is 11.6 Å². The second-order valence-corrected chi connectivity index (χ2v) is 3.38. The topological polar surface area (TPSA) is 74.6 Å². The van der Waals surface area contributed by atoms with Gasteiger partial charge in [-0.1, -0.05) is 11.6 Å². The maximum atomic E-state index is 10.7. The fourth-order valence-electron chi connectivity index (χ4n) is 1.60. The third-order valence-electron chi connectivity index (χ3n) is 2.38. The van der Waals surface area contributed by atoms with Crippen molar-refractivity contribution in [3.05, 3.63) is 11.6 Å². The molecule has 74 valence electrons. The molecule has 0 radical (unpaired) electrons. The van der Waals surface area contributed by atoms with E-state index in [9.17, 15) is 9.59 Å². The van der Waals surface area contributed by atoms with Gasteiger partial charge in [-0.15, -0.1) is 0 Å². The SMILES string of the molecule is CC1=CCC(C(=O)O)C(C(=O)O)C1.[Zn]. The Bertz CT molecular complexity index is 272. The second-order valence-electron chi connectivity index (χ2n) is 3.38. The van der Waals surface area contributed by atoms with Gasteiger partial charge in [0.05, 0.1) is 11.8 Å². The molecule has 14 heavy (non-hydrogen) atoms. The van der Waals surface area contributed by atoms with Gasteiger partial charge < -0.3 is 10.2 Å². The van der Waals surface area contributed by atoms with Gasteiger partial charge in [-0.2, -0.15) is 0 Å². The Balaban J connectivity index is 0.00000169. The molecule has 0 fully saturated rings. The molecule has 0 aromatic carbocycles. The van der Waals surface area contributed by atoms with Crippen molar-refractivity contribution < 1.29 is 39.3 Å². The number of carbonyl (C=O) groups is 2. The van der Waals surface area contributed by atoms with Crippen molar-refractivity contribution in [2.75, 3.05) is 0 Å². The zero-order chi connectivity index (χ0) is 10.0. The minimum atomic E-state index is -1.02. The monoisotopic (exact) mass is 248 g/mol. The first-order chi connectivity index (χ1) is 6.02. The number of hydrogen-bond donors (Lipinski definition) is 2. The fraction of sp³-hybridized carbons (Fsp3) is 0.556. The van der Waals surface area contributed by atoms with Gasteiger partial charge in [-0.3, -0.25) is 9.59 Å². The van der Waals surface area contributed by atoms with E-state index < -0.39 is 23.8 Å². The first kappa shape index (κ1) is 13.3. The molecular weight excluding hydrogens is 237 g/mol. The maximum Gasteiger partial charge on any atom is 0.307 e. The molecule has 2 N–H and O–H groups in total.